The maximum absolute atomic E-state index is 12.5. The molecule has 1 N–H and O–H groups in total. The van der Waals surface area contributed by atoms with Gasteiger partial charge in [-0.05, 0) is 25.0 Å². The fraction of sp³-hybridized carbons (Fsp3) is 0.400. The summed E-state index contributed by atoms with van der Waals surface area (Å²) in [5.41, 5.74) is -0.289. The van der Waals surface area contributed by atoms with Gasteiger partial charge in [-0.15, -0.1) is 0 Å². The minimum atomic E-state index is -4.37. The molecular weight excluding hydrogens is 311 g/mol. The number of alkyl halides is 3. The number of benzene rings is 1. The number of nitrogens with one attached hydrogen (secondary N) is 1. The van der Waals surface area contributed by atoms with E-state index in [0.717, 1.165) is 25.0 Å². The van der Waals surface area contributed by atoms with Crippen molar-refractivity contribution in [3.8, 4) is 11.4 Å². The molecule has 0 bridgehead atoms. The summed E-state index contributed by atoms with van der Waals surface area (Å²) in [7, 11) is 0. The first-order valence-electron chi connectivity index (χ1n) is 7.21. The molecule has 1 aliphatic rings. The third-order valence-electron chi connectivity index (χ3n) is 3.52. The van der Waals surface area contributed by atoms with E-state index >= 15 is 0 Å². The molecule has 0 saturated heterocycles. The van der Waals surface area contributed by atoms with Crippen molar-refractivity contribution in [2.24, 2.45) is 5.92 Å². The summed E-state index contributed by atoms with van der Waals surface area (Å²) in [5, 5.41) is 6.52. The van der Waals surface area contributed by atoms with Crippen molar-refractivity contribution in [3.05, 3.63) is 35.7 Å². The van der Waals surface area contributed by atoms with Gasteiger partial charge in [0.15, 0.2) is 0 Å². The van der Waals surface area contributed by atoms with E-state index in [1.807, 2.05) is 0 Å². The summed E-state index contributed by atoms with van der Waals surface area (Å²) in [6, 6.07) is 4.54. The average Bonchev–Trinajstić information content (AvgIpc) is 3.26. The fourth-order valence-corrected chi connectivity index (χ4v) is 2.06. The first-order valence-corrected chi connectivity index (χ1v) is 7.21. The zero-order valence-electron chi connectivity index (χ0n) is 12.1. The molecule has 3 rings (SSSR count). The molecule has 23 heavy (non-hydrogen) atoms. The van der Waals surface area contributed by atoms with Gasteiger partial charge in [0.1, 0.15) is 0 Å². The largest absolute Gasteiger partial charge is 0.416 e. The second-order valence-electron chi connectivity index (χ2n) is 5.40. The van der Waals surface area contributed by atoms with Crippen LogP contribution in [-0.4, -0.2) is 22.6 Å². The SMILES string of the molecule is O=C(NCCc1nc(-c2ccc(C(F)(F)F)cc2)no1)C1CC1. The number of carbonyl (C=O) groups is 1. The highest BCUT2D eigenvalue weighted by Gasteiger charge is 2.30. The van der Waals surface area contributed by atoms with Gasteiger partial charge in [-0.25, -0.2) is 0 Å². The molecule has 1 fully saturated rings. The van der Waals surface area contributed by atoms with E-state index in [9.17, 15) is 18.0 Å². The molecular formula is C15H14F3N3O2. The predicted octanol–water partition coefficient (Wildman–Crippen LogP) is 2.82. The van der Waals surface area contributed by atoms with Gasteiger partial charge in [0.25, 0.3) is 0 Å². The summed E-state index contributed by atoms with van der Waals surface area (Å²) in [6.07, 6.45) is -2.12. The van der Waals surface area contributed by atoms with Crippen molar-refractivity contribution in [1.82, 2.24) is 15.5 Å². The summed E-state index contributed by atoms with van der Waals surface area (Å²) in [6.45, 7) is 0.393. The molecule has 0 unspecified atom stereocenters. The minimum absolute atomic E-state index is 0.0347. The Balaban J connectivity index is 1.58. The van der Waals surface area contributed by atoms with Gasteiger partial charge < -0.3 is 9.84 Å². The molecule has 1 aromatic carbocycles. The van der Waals surface area contributed by atoms with Crippen LogP contribution in [0.4, 0.5) is 13.2 Å². The van der Waals surface area contributed by atoms with E-state index in [0.29, 0.717) is 24.4 Å². The van der Waals surface area contributed by atoms with E-state index in [2.05, 4.69) is 15.5 Å². The zero-order valence-corrected chi connectivity index (χ0v) is 12.1. The molecule has 5 nitrogen and oxygen atoms in total. The Labute approximate surface area is 129 Å². The molecule has 0 radical (unpaired) electrons. The summed E-state index contributed by atoms with van der Waals surface area (Å²) in [4.78, 5) is 15.6. The van der Waals surface area contributed by atoms with Crippen LogP contribution in [-0.2, 0) is 17.4 Å². The van der Waals surface area contributed by atoms with Crippen LogP contribution in [0.3, 0.4) is 0 Å². The summed E-state index contributed by atoms with van der Waals surface area (Å²) >= 11 is 0. The molecule has 1 aliphatic carbocycles. The van der Waals surface area contributed by atoms with Gasteiger partial charge in [-0.2, -0.15) is 18.2 Å². The van der Waals surface area contributed by atoms with Crippen LogP contribution in [0.15, 0.2) is 28.8 Å². The second kappa shape index (κ2) is 6.02. The zero-order chi connectivity index (χ0) is 16.4. The lowest BCUT2D eigenvalue weighted by atomic mass is 10.1. The number of amides is 1. The predicted molar refractivity (Wildman–Crippen MR) is 74.2 cm³/mol. The van der Waals surface area contributed by atoms with Crippen LogP contribution < -0.4 is 5.32 Å². The minimum Gasteiger partial charge on any atom is -0.355 e. The quantitative estimate of drug-likeness (QED) is 0.918. The van der Waals surface area contributed by atoms with Crippen molar-refractivity contribution < 1.29 is 22.5 Å². The van der Waals surface area contributed by atoms with E-state index in [4.69, 9.17) is 4.52 Å². The Kier molecular flexibility index (Phi) is 4.06. The van der Waals surface area contributed by atoms with Crippen LogP contribution in [0.5, 0.6) is 0 Å². The van der Waals surface area contributed by atoms with E-state index in [1.54, 1.807) is 0 Å². The lowest BCUT2D eigenvalue weighted by molar-refractivity contribution is -0.137. The first kappa shape index (κ1) is 15.5. The van der Waals surface area contributed by atoms with Gasteiger partial charge in [0.05, 0.1) is 5.56 Å². The fourth-order valence-electron chi connectivity index (χ4n) is 2.06. The Morgan fingerprint density at radius 1 is 1.26 bits per heavy atom. The molecule has 2 aromatic rings. The highest BCUT2D eigenvalue weighted by molar-refractivity contribution is 5.80. The topological polar surface area (TPSA) is 68.0 Å². The standard InChI is InChI=1S/C15H14F3N3O2/c16-15(17,18)11-5-3-9(4-6-11)13-20-12(23-21-13)7-8-19-14(22)10-1-2-10/h3-6,10H,1-2,7-8H2,(H,19,22). The van der Waals surface area contributed by atoms with E-state index < -0.39 is 11.7 Å². The van der Waals surface area contributed by atoms with Crippen LogP contribution in [0, 0.1) is 5.92 Å². The maximum atomic E-state index is 12.5. The number of hydrogen-bond acceptors (Lipinski definition) is 4. The van der Waals surface area contributed by atoms with Gasteiger partial charge >= 0.3 is 6.18 Å². The second-order valence-corrected chi connectivity index (χ2v) is 5.40. The van der Waals surface area contributed by atoms with E-state index in [-0.39, 0.29) is 17.6 Å². The van der Waals surface area contributed by atoms with Crippen molar-refractivity contribution >= 4 is 5.91 Å². The smallest absolute Gasteiger partial charge is 0.355 e. The van der Waals surface area contributed by atoms with Crippen LogP contribution in [0.25, 0.3) is 11.4 Å². The molecule has 122 valence electrons. The number of aromatic nitrogens is 2. The van der Waals surface area contributed by atoms with Crippen LogP contribution in [0.1, 0.15) is 24.3 Å². The lowest BCUT2D eigenvalue weighted by Crippen LogP contribution is -2.26. The third-order valence-corrected chi connectivity index (χ3v) is 3.52. The summed E-state index contributed by atoms with van der Waals surface area (Å²) in [5.74, 6) is 0.728. The normalized spacial score (nSPS) is 14.7. The maximum Gasteiger partial charge on any atom is 0.416 e. The van der Waals surface area contributed by atoms with Crippen molar-refractivity contribution in [1.29, 1.82) is 0 Å². The number of hydrogen-bond donors (Lipinski definition) is 1. The van der Waals surface area contributed by atoms with Crippen molar-refractivity contribution in [2.75, 3.05) is 6.54 Å². The molecule has 1 amide bonds. The van der Waals surface area contributed by atoms with Gasteiger partial charge in [0, 0.05) is 24.4 Å². The van der Waals surface area contributed by atoms with Crippen molar-refractivity contribution in [2.45, 2.75) is 25.4 Å². The molecule has 0 spiro atoms. The highest BCUT2D eigenvalue weighted by atomic mass is 19.4. The lowest BCUT2D eigenvalue weighted by Gasteiger charge is -2.05. The number of halogens is 3. The third kappa shape index (κ3) is 3.88. The Bertz CT molecular complexity index is 691. The monoisotopic (exact) mass is 325 g/mol. The van der Waals surface area contributed by atoms with Crippen molar-refractivity contribution in [3.63, 3.8) is 0 Å². The van der Waals surface area contributed by atoms with Gasteiger partial charge in [-0.3, -0.25) is 4.79 Å². The van der Waals surface area contributed by atoms with Crippen LogP contribution in [0.2, 0.25) is 0 Å². The number of nitrogens with zero attached hydrogens (tertiary/aromatic N) is 2. The molecule has 1 aromatic heterocycles. The Morgan fingerprint density at radius 3 is 2.57 bits per heavy atom. The molecule has 0 aliphatic heterocycles. The van der Waals surface area contributed by atoms with Gasteiger partial charge in [0.2, 0.25) is 17.6 Å². The van der Waals surface area contributed by atoms with E-state index in [1.165, 1.54) is 12.1 Å². The molecule has 1 saturated carbocycles. The first-order chi connectivity index (χ1) is 10.9. The van der Waals surface area contributed by atoms with Gasteiger partial charge in [-0.1, -0.05) is 17.3 Å². The summed E-state index contributed by atoms with van der Waals surface area (Å²) < 4.78 is 42.6. The Morgan fingerprint density at radius 2 is 1.96 bits per heavy atom. The van der Waals surface area contributed by atoms with Crippen LogP contribution >= 0.6 is 0 Å². The molecule has 8 heteroatoms. The average molecular weight is 325 g/mol. The number of carbonyl (C=O) groups excluding carboxylic acids is 1. The highest BCUT2D eigenvalue weighted by Crippen LogP contribution is 2.30. The number of rotatable bonds is 5. The Hall–Kier alpha value is -2.38. The molecule has 0 atom stereocenters. The molecule has 1 heterocycles.